The standard InChI is InChI=1S/C10H14N4O3S2/c1-6(9-11-5-17-14-9)4-12-19(15,16)10-7(2)13-8(3)18-10/h5-6,12H,4H2,1-3H3. The Hall–Kier alpha value is -1.32. The van der Waals surface area contributed by atoms with Crippen molar-refractivity contribution in [1.82, 2.24) is 19.8 Å². The molecule has 0 radical (unpaired) electrons. The average Bonchev–Trinajstić information content (AvgIpc) is 2.96. The Balaban J connectivity index is 2.08. The van der Waals surface area contributed by atoms with E-state index in [1.165, 1.54) is 6.39 Å². The van der Waals surface area contributed by atoms with Crippen LogP contribution in [0.1, 0.15) is 29.4 Å². The Morgan fingerprint density at radius 3 is 2.74 bits per heavy atom. The van der Waals surface area contributed by atoms with Crippen LogP contribution in [-0.4, -0.2) is 30.1 Å². The molecule has 0 saturated carbocycles. The summed E-state index contributed by atoms with van der Waals surface area (Å²) in [5, 5.41) is 4.41. The Morgan fingerprint density at radius 2 is 2.21 bits per heavy atom. The molecule has 0 aliphatic carbocycles. The maximum atomic E-state index is 12.1. The second kappa shape index (κ2) is 5.35. The van der Waals surface area contributed by atoms with Gasteiger partial charge in [-0.3, -0.25) is 0 Å². The zero-order valence-electron chi connectivity index (χ0n) is 10.7. The molecule has 1 atom stereocenters. The minimum Gasteiger partial charge on any atom is -0.343 e. The lowest BCUT2D eigenvalue weighted by atomic mass is 10.2. The van der Waals surface area contributed by atoms with Gasteiger partial charge in [-0.2, -0.15) is 4.98 Å². The van der Waals surface area contributed by atoms with Gasteiger partial charge in [-0.15, -0.1) is 11.3 Å². The van der Waals surface area contributed by atoms with E-state index in [9.17, 15) is 8.42 Å². The summed E-state index contributed by atoms with van der Waals surface area (Å²) in [6, 6.07) is 0. The van der Waals surface area contributed by atoms with Crippen LogP contribution in [0, 0.1) is 13.8 Å². The first-order chi connectivity index (χ1) is 8.90. The van der Waals surface area contributed by atoms with Gasteiger partial charge >= 0.3 is 0 Å². The van der Waals surface area contributed by atoms with Gasteiger partial charge in [-0.1, -0.05) is 12.1 Å². The van der Waals surface area contributed by atoms with E-state index < -0.39 is 10.0 Å². The van der Waals surface area contributed by atoms with Crippen molar-refractivity contribution in [2.45, 2.75) is 30.9 Å². The Kier molecular flexibility index (Phi) is 3.97. The third-order valence-corrected chi connectivity index (χ3v) is 5.61. The Bertz CT molecular complexity index is 648. The van der Waals surface area contributed by atoms with E-state index in [-0.39, 0.29) is 16.7 Å². The van der Waals surface area contributed by atoms with E-state index in [2.05, 4.69) is 24.4 Å². The fourth-order valence-corrected chi connectivity index (χ4v) is 4.21. The quantitative estimate of drug-likeness (QED) is 0.892. The molecule has 0 saturated heterocycles. The zero-order valence-corrected chi connectivity index (χ0v) is 12.4. The van der Waals surface area contributed by atoms with Gasteiger partial charge in [-0.25, -0.2) is 18.1 Å². The summed E-state index contributed by atoms with van der Waals surface area (Å²) < 4.78 is 31.7. The molecule has 0 spiro atoms. The molecular formula is C10H14N4O3S2. The van der Waals surface area contributed by atoms with Gasteiger partial charge < -0.3 is 4.52 Å². The highest BCUT2D eigenvalue weighted by atomic mass is 32.2. The number of hydrogen-bond acceptors (Lipinski definition) is 7. The van der Waals surface area contributed by atoms with Crippen LogP contribution in [0.15, 0.2) is 15.1 Å². The van der Waals surface area contributed by atoms with Crippen LogP contribution in [0.5, 0.6) is 0 Å². The molecule has 0 aromatic carbocycles. The fourth-order valence-electron chi connectivity index (χ4n) is 1.55. The highest BCUT2D eigenvalue weighted by Crippen LogP contribution is 2.22. The van der Waals surface area contributed by atoms with Crippen molar-refractivity contribution in [2.24, 2.45) is 0 Å². The predicted octanol–water partition coefficient (Wildman–Crippen LogP) is 1.22. The van der Waals surface area contributed by atoms with Crippen LogP contribution in [0.3, 0.4) is 0 Å². The number of nitrogens with one attached hydrogen (secondary N) is 1. The third kappa shape index (κ3) is 3.17. The Labute approximate surface area is 115 Å². The molecule has 1 unspecified atom stereocenters. The average molecular weight is 302 g/mol. The van der Waals surface area contributed by atoms with Crippen molar-refractivity contribution in [3.63, 3.8) is 0 Å². The van der Waals surface area contributed by atoms with E-state index in [1.807, 2.05) is 6.92 Å². The summed E-state index contributed by atoms with van der Waals surface area (Å²) in [7, 11) is -3.54. The SMILES string of the molecule is Cc1nc(C)c(S(=O)(=O)NCC(C)c2ncon2)s1. The number of sulfonamides is 1. The zero-order chi connectivity index (χ0) is 14.0. The summed E-state index contributed by atoms with van der Waals surface area (Å²) in [5.74, 6) is 0.308. The minimum absolute atomic E-state index is 0.164. The summed E-state index contributed by atoms with van der Waals surface area (Å²) in [6.07, 6.45) is 1.22. The number of hydrogen-bond donors (Lipinski definition) is 1. The highest BCUT2D eigenvalue weighted by molar-refractivity contribution is 7.91. The van der Waals surface area contributed by atoms with Gasteiger partial charge in [0.25, 0.3) is 10.0 Å². The normalized spacial score (nSPS) is 13.6. The van der Waals surface area contributed by atoms with Crippen molar-refractivity contribution < 1.29 is 12.9 Å². The van der Waals surface area contributed by atoms with Crippen molar-refractivity contribution in [2.75, 3.05) is 6.54 Å². The molecule has 2 rings (SSSR count). The first-order valence-electron chi connectivity index (χ1n) is 5.60. The highest BCUT2D eigenvalue weighted by Gasteiger charge is 2.22. The second-order valence-electron chi connectivity index (χ2n) is 4.15. The molecule has 0 fully saturated rings. The van der Waals surface area contributed by atoms with Crippen LogP contribution in [-0.2, 0) is 10.0 Å². The molecule has 1 N–H and O–H groups in total. The molecule has 0 aliphatic heterocycles. The smallest absolute Gasteiger partial charge is 0.251 e. The maximum absolute atomic E-state index is 12.1. The monoisotopic (exact) mass is 302 g/mol. The van der Waals surface area contributed by atoms with E-state index in [4.69, 9.17) is 0 Å². The van der Waals surface area contributed by atoms with Crippen LogP contribution >= 0.6 is 11.3 Å². The fraction of sp³-hybridized carbons (Fsp3) is 0.500. The molecule has 104 valence electrons. The lowest BCUT2D eigenvalue weighted by molar-refractivity contribution is 0.405. The van der Waals surface area contributed by atoms with Crippen LogP contribution in [0.25, 0.3) is 0 Å². The van der Waals surface area contributed by atoms with Gasteiger partial charge in [0.1, 0.15) is 0 Å². The van der Waals surface area contributed by atoms with E-state index >= 15 is 0 Å². The van der Waals surface area contributed by atoms with Gasteiger partial charge in [0.05, 0.1) is 10.7 Å². The van der Waals surface area contributed by atoms with Crippen LogP contribution < -0.4 is 4.72 Å². The van der Waals surface area contributed by atoms with Gasteiger partial charge in [0.2, 0.25) is 6.39 Å². The van der Waals surface area contributed by atoms with Crippen molar-refractivity contribution in [3.8, 4) is 0 Å². The predicted molar refractivity (Wildman–Crippen MR) is 69.5 cm³/mol. The first-order valence-corrected chi connectivity index (χ1v) is 7.90. The van der Waals surface area contributed by atoms with E-state index in [1.54, 1.807) is 13.8 Å². The minimum atomic E-state index is -3.54. The third-order valence-electron chi connectivity index (χ3n) is 2.50. The lowest BCUT2D eigenvalue weighted by Gasteiger charge is -2.08. The number of aryl methyl sites for hydroxylation is 2. The van der Waals surface area contributed by atoms with Crippen molar-refractivity contribution >= 4 is 21.4 Å². The largest absolute Gasteiger partial charge is 0.343 e. The van der Waals surface area contributed by atoms with Crippen molar-refractivity contribution in [3.05, 3.63) is 22.9 Å². The summed E-state index contributed by atoms with van der Waals surface area (Å²) in [6.45, 7) is 5.48. The molecule has 0 aliphatic rings. The topological polar surface area (TPSA) is 98.0 Å². The molecule has 19 heavy (non-hydrogen) atoms. The molecular weight excluding hydrogens is 288 g/mol. The molecule has 7 nitrogen and oxygen atoms in total. The van der Waals surface area contributed by atoms with Gasteiger partial charge in [-0.05, 0) is 13.8 Å². The molecule has 2 aromatic rings. The maximum Gasteiger partial charge on any atom is 0.251 e. The van der Waals surface area contributed by atoms with Gasteiger partial charge in [0, 0.05) is 12.5 Å². The second-order valence-corrected chi connectivity index (χ2v) is 7.31. The van der Waals surface area contributed by atoms with E-state index in [0.717, 1.165) is 16.3 Å². The Morgan fingerprint density at radius 1 is 1.47 bits per heavy atom. The lowest BCUT2D eigenvalue weighted by Crippen LogP contribution is -2.28. The summed E-state index contributed by atoms with van der Waals surface area (Å²) in [5.41, 5.74) is 0.516. The first kappa shape index (κ1) is 14.1. The number of aromatic nitrogens is 3. The molecule has 9 heteroatoms. The number of rotatable bonds is 5. The number of thiazole rings is 1. The summed E-state index contributed by atoms with van der Waals surface area (Å²) in [4.78, 5) is 8.00. The number of nitrogens with zero attached hydrogens (tertiary/aromatic N) is 3. The molecule has 2 aromatic heterocycles. The van der Waals surface area contributed by atoms with Crippen molar-refractivity contribution in [1.29, 1.82) is 0 Å². The molecule has 0 amide bonds. The molecule has 0 bridgehead atoms. The van der Waals surface area contributed by atoms with Crippen LogP contribution in [0.4, 0.5) is 0 Å². The summed E-state index contributed by atoms with van der Waals surface area (Å²) >= 11 is 1.16. The van der Waals surface area contributed by atoms with E-state index in [0.29, 0.717) is 11.5 Å². The van der Waals surface area contributed by atoms with Gasteiger partial charge in [0.15, 0.2) is 10.0 Å². The molecule has 2 heterocycles. The van der Waals surface area contributed by atoms with Crippen LogP contribution in [0.2, 0.25) is 0 Å².